The highest BCUT2D eigenvalue weighted by molar-refractivity contribution is 9.10. The molecule has 0 spiro atoms. The first-order valence-electron chi connectivity index (χ1n) is 7.12. The Kier molecular flexibility index (Phi) is 3.58. The van der Waals surface area contributed by atoms with Crippen molar-refractivity contribution in [3.63, 3.8) is 0 Å². The lowest BCUT2D eigenvalue weighted by Crippen LogP contribution is -2.13. The van der Waals surface area contributed by atoms with Gasteiger partial charge in [-0.1, -0.05) is 12.1 Å². The molecule has 1 amide bonds. The van der Waals surface area contributed by atoms with Crippen LogP contribution in [0.3, 0.4) is 0 Å². The number of aromatic amines is 2. The van der Waals surface area contributed by atoms with Gasteiger partial charge in [-0.05, 0) is 40.2 Å². The predicted octanol–water partition coefficient (Wildman–Crippen LogP) is 3.36. The molecule has 0 saturated carbocycles. The van der Waals surface area contributed by atoms with E-state index in [1.807, 2.05) is 24.3 Å². The molecule has 0 aliphatic heterocycles. The van der Waals surface area contributed by atoms with Gasteiger partial charge in [0.2, 0.25) is 0 Å². The van der Waals surface area contributed by atoms with E-state index in [0.717, 1.165) is 15.5 Å². The number of pyridine rings is 1. The van der Waals surface area contributed by atoms with Crippen LogP contribution in [0.2, 0.25) is 0 Å². The summed E-state index contributed by atoms with van der Waals surface area (Å²) in [6.45, 7) is 0. The maximum atomic E-state index is 12.1. The summed E-state index contributed by atoms with van der Waals surface area (Å²) in [6, 6.07) is 12.8. The second-order valence-corrected chi connectivity index (χ2v) is 6.00. The van der Waals surface area contributed by atoms with Gasteiger partial charge in [0.1, 0.15) is 11.4 Å². The molecule has 0 saturated heterocycles. The van der Waals surface area contributed by atoms with Crippen molar-refractivity contribution in [2.45, 2.75) is 0 Å². The van der Waals surface area contributed by atoms with Crippen LogP contribution in [-0.2, 0) is 0 Å². The molecule has 3 aromatic heterocycles. The van der Waals surface area contributed by atoms with Gasteiger partial charge in [0.15, 0.2) is 11.6 Å². The van der Waals surface area contributed by atoms with Crippen LogP contribution in [0.5, 0.6) is 0 Å². The number of H-pyrrole nitrogens is 2. The van der Waals surface area contributed by atoms with Crippen LogP contribution in [0.25, 0.3) is 22.6 Å². The summed E-state index contributed by atoms with van der Waals surface area (Å²) in [5.41, 5.74) is 2.80. The lowest BCUT2D eigenvalue weighted by atomic mass is 10.3. The molecule has 8 heteroatoms. The molecule has 3 N–H and O–H groups in total. The molecule has 4 aromatic rings. The molecule has 3 heterocycles. The van der Waals surface area contributed by atoms with Gasteiger partial charge in [-0.2, -0.15) is 5.10 Å². The number of nitrogens with one attached hydrogen (secondary N) is 3. The standard InChI is InChI=1S/C16H11BrN6O/c17-9-5-6-12(18-8-9)16(24)21-14-7-13(22-23-14)15-19-10-3-1-2-4-11(10)20-15/h1-8H,(H,19,20)(H2,21,22,23,24). The van der Waals surface area contributed by atoms with Crippen LogP contribution in [0.15, 0.2) is 53.1 Å². The van der Waals surface area contributed by atoms with Crippen LogP contribution < -0.4 is 5.32 Å². The number of nitrogens with zero attached hydrogens (tertiary/aromatic N) is 3. The van der Waals surface area contributed by atoms with Crippen molar-refractivity contribution in [3.05, 3.63) is 58.8 Å². The fraction of sp³-hybridized carbons (Fsp3) is 0. The first-order chi connectivity index (χ1) is 11.7. The fourth-order valence-corrected chi connectivity index (χ4v) is 2.51. The molecular weight excluding hydrogens is 372 g/mol. The van der Waals surface area contributed by atoms with Gasteiger partial charge < -0.3 is 10.3 Å². The van der Waals surface area contributed by atoms with E-state index in [-0.39, 0.29) is 5.91 Å². The van der Waals surface area contributed by atoms with Crippen LogP contribution in [0, 0.1) is 0 Å². The third kappa shape index (κ3) is 2.79. The summed E-state index contributed by atoms with van der Waals surface area (Å²) < 4.78 is 0.811. The molecule has 0 unspecified atom stereocenters. The number of aromatic nitrogens is 5. The molecule has 4 rings (SSSR count). The topological polar surface area (TPSA) is 99.3 Å². The molecule has 0 aliphatic rings. The average molecular weight is 383 g/mol. The molecule has 1 aromatic carbocycles. The minimum atomic E-state index is -0.329. The molecule has 0 bridgehead atoms. The van der Waals surface area contributed by atoms with E-state index in [0.29, 0.717) is 23.0 Å². The predicted molar refractivity (Wildman–Crippen MR) is 93.6 cm³/mol. The first-order valence-corrected chi connectivity index (χ1v) is 7.92. The Morgan fingerprint density at radius 1 is 1.17 bits per heavy atom. The SMILES string of the molecule is O=C(Nc1cc(-c2nc3ccccc3[nH]2)[nH]n1)c1ccc(Br)cn1. The van der Waals surface area contributed by atoms with Gasteiger partial charge in [0, 0.05) is 16.7 Å². The van der Waals surface area contributed by atoms with Gasteiger partial charge in [0.05, 0.1) is 11.0 Å². The molecule has 0 radical (unpaired) electrons. The van der Waals surface area contributed by atoms with Crippen molar-refractivity contribution in [2.75, 3.05) is 5.32 Å². The summed E-state index contributed by atoms with van der Waals surface area (Å²) >= 11 is 3.28. The fourth-order valence-electron chi connectivity index (χ4n) is 2.28. The van der Waals surface area contributed by atoms with Gasteiger partial charge in [-0.15, -0.1) is 0 Å². The summed E-state index contributed by atoms with van der Waals surface area (Å²) in [5, 5.41) is 9.66. The number of carbonyl (C=O) groups is 1. The van der Waals surface area contributed by atoms with E-state index >= 15 is 0 Å². The van der Waals surface area contributed by atoms with Gasteiger partial charge in [0.25, 0.3) is 5.91 Å². The van der Waals surface area contributed by atoms with Gasteiger partial charge in [-0.25, -0.2) is 9.97 Å². The number of carbonyl (C=O) groups excluding carboxylic acids is 1. The third-order valence-corrected chi connectivity index (χ3v) is 3.89. The number of imidazole rings is 1. The van der Waals surface area contributed by atoms with Crippen LogP contribution in [-0.4, -0.2) is 31.1 Å². The second kappa shape index (κ2) is 5.89. The zero-order chi connectivity index (χ0) is 16.5. The zero-order valence-corrected chi connectivity index (χ0v) is 13.8. The maximum Gasteiger partial charge on any atom is 0.275 e. The number of amides is 1. The normalized spacial score (nSPS) is 10.9. The largest absolute Gasteiger partial charge is 0.337 e. The summed E-state index contributed by atoms with van der Waals surface area (Å²) in [4.78, 5) is 23.9. The minimum Gasteiger partial charge on any atom is -0.337 e. The molecule has 118 valence electrons. The Bertz CT molecular complexity index is 987. The Morgan fingerprint density at radius 2 is 2.04 bits per heavy atom. The molecule has 0 fully saturated rings. The van der Waals surface area contributed by atoms with E-state index in [4.69, 9.17) is 0 Å². The van der Waals surface area contributed by atoms with E-state index < -0.39 is 0 Å². The summed E-state index contributed by atoms with van der Waals surface area (Å²) in [7, 11) is 0. The highest BCUT2D eigenvalue weighted by Crippen LogP contribution is 2.20. The minimum absolute atomic E-state index is 0.312. The number of hydrogen-bond donors (Lipinski definition) is 3. The van der Waals surface area contributed by atoms with E-state index in [1.165, 1.54) is 0 Å². The van der Waals surface area contributed by atoms with Crippen molar-refractivity contribution in [1.82, 2.24) is 25.1 Å². The number of hydrogen-bond acceptors (Lipinski definition) is 4. The molecule has 24 heavy (non-hydrogen) atoms. The van der Waals surface area contributed by atoms with E-state index in [1.54, 1.807) is 24.4 Å². The highest BCUT2D eigenvalue weighted by atomic mass is 79.9. The lowest BCUT2D eigenvalue weighted by molar-refractivity contribution is 0.102. The van der Waals surface area contributed by atoms with Crippen molar-refractivity contribution in [2.24, 2.45) is 0 Å². The summed E-state index contributed by atoms with van der Waals surface area (Å²) in [6.07, 6.45) is 1.57. The van der Waals surface area contributed by atoms with Crippen molar-refractivity contribution >= 4 is 38.7 Å². The van der Waals surface area contributed by atoms with Crippen LogP contribution >= 0.6 is 15.9 Å². The van der Waals surface area contributed by atoms with Crippen LogP contribution in [0.1, 0.15) is 10.5 Å². The zero-order valence-electron chi connectivity index (χ0n) is 12.2. The molecule has 0 atom stereocenters. The maximum absolute atomic E-state index is 12.1. The van der Waals surface area contributed by atoms with Gasteiger partial charge >= 0.3 is 0 Å². The smallest absolute Gasteiger partial charge is 0.275 e. The number of halogens is 1. The Labute approximate surface area is 144 Å². The van der Waals surface area contributed by atoms with E-state index in [9.17, 15) is 4.79 Å². The number of benzene rings is 1. The van der Waals surface area contributed by atoms with Crippen molar-refractivity contribution in [3.8, 4) is 11.5 Å². The number of anilines is 1. The quantitative estimate of drug-likeness (QED) is 0.505. The number of fused-ring (bicyclic) bond motifs is 1. The molecular formula is C16H11BrN6O. The average Bonchev–Trinajstić information content (AvgIpc) is 3.21. The second-order valence-electron chi connectivity index (χ2n) is 5.09. The van der Waals surface area contributed by atoms with Crippen molar-refractivity contribution in [1.29, 1.82) is 0 Å². The Balaban J connectivity index is 1.56. The number of para-hydroxylation sites is 2. The summed E-state index contributed by atoms with van der Waals surface area (Å²) in [5.74, 6) is 0.733. The molecule has 0 aliphatic carbocycles. The molecule has 7 nitrogen and oxygen atoms in total. The highest BCUT2D eigenvalue weighted by Gasteiger charge is 2.12. The Morgan fingerprint density at radius 3 is 2.83 bits per heavy atom. The third-order valence-electron chi connectivity index (χ3n) is 3.42. The van der Waals surface area contributed by atoms with Gasteiger partial charge in [-0.3, -0.25) is 9.89 Å². The number of rotatable bonds is 3. The van der Waals surface area contributed by atoms with Crippen molar-refractivity contribution < 1.29 is 4.79 Å². The monoisotopic (exact) mass is 382 g/mol. The lowest BCUT2D eigenvalue weighted by Gasteiger charge is -2.00. The van der Waals surface area contributed by atoms with E-state index in [2.05, 4.69) is 46.4 Å². The first kappa shape index (κ1) is 14.6. The Hall–Kier alpha value is -3.00. The van der Waals surface area contributed by atoms with Crippen LogP contribution in [0.4, 0.5) is 5.82 Å².